The minimum Gasteiger partial charge on any atom is -0.383 e. The lowest BCUT2D eigenvalue weighted by molar-refractivity contribution is 1.20. The van der Waals surface area contributed by atoms with Crippen LogP contribution < -0.4 is 11.1 Å². The molecule has 4 nitrogen and oxygen atoms in total. The zero-order valence-electron chi connectivity index (χ0n) is 8.74. The van der Waals surface area contributed by atoms with Gasteiger partial charge in [-0.25, -0.2) is 4.98 Å². The molecular weight excluding hydrogens is 268 g/mol. The van der Waals surface area contributed by atoms with Gasteiger partial charge in [0.15, 0.2) is 0 Å². The van der Waals surface area contributed by atoms with Crippen LogP contribution in [0.15, 0.2) is 34.9 Å². The van der Waals surface area contributed by atoms with Crippen LogP contribution >= 0.6 is 15.9 Å². The van der Waals surface area contributed by atoms with E-state index in [9.17, 15) is 0 Å². The fourth-order valence-corrected chi connectivity index (χ4v) is 1.52. The van der Waals surface area contributed by atoms with E-state index in [4.69, 9.17) is 5.73 Å². The van der Waals surface area contributed by atoms with Crippen LogP contribution in [-0.4, -0.2) is 9.97 Å². The van der Waals surface area contributed by atoms with E-state index in [-0.39, 0.29) is 0 Å². The summed E-state index contributed by atoms with van der Waals surface area (Å²) in [5, 5.41) is 3.16. The molecule has 0 spiro atoms. The Morgan fingerprint density at radius 2 is 2.12 bits per heavy atom. The largest absolute Gasteiger partial charge is 0.383 e. The number of halogens is 1. The van der Waals surface area contributed by atoms with Crippen LogP contribution in [0.5, 0.6) is 0 Å². The number of rotatable bonds is 2. The molecule has 0 aliphatic carbocycles. The molecule has 3 N–H and O–H groups in total. The maximum atomic E-state index is 5.69. The van der Waals surface area contributed by atoms with Gasteiger partial charge in [-0.3, -0.25) is 4.98 Å². The zero-order chi connectivity index (χ0) is 11.5. The normalized spacial score (nSPS) is 10.1. The second-order valence-corrected chi connectivity index (χ2v) is 4.23. The molecule has 2 heterocycles. The third-order valence-electron chi connectivity index (χ3n) is 2.04. The van der Waals surface area contributed by atoms with Gasteiger partial charge in [-0.05, 0) is 47.1 Å². The first-order chi connectivity index (χ1) is 7.65. The van der Waals surface area contributed by atoms with E-state index < -0.39 is 0 Å². The van der Waals surface area contributed by atoms with Gasteiger partial charge in [-0.1, -0.05) is 0 Å². The first-order valence-corrected chi connectivity index (χ1v) is 5.56. The van der Waals surface area contributed by atoms with Gasteiger partial charge in [0, 0.05) is 17.6 Å². The first kappa shape index (κ1) is 10.9. The Balaban J connectivity index is 2.24. The van der Waals surface area contributed by atoms with Crippen molar-refractivity contribution in [2.45, 2.75) is 6.92 Å². The van der Waals surface area contributed by atoms with Gasteiger partial charge in [-0.2, -0.15) is 0 Å². The molecule has 0 fully saturated rings. The molecule has 16 heavy (non-hydrogen) atoms. The fraction of sp³-hybridized carbons (Fsp3) is 0.0909. The summed E-state index contributed by atoms with van der Waals surface area (Å²) in [6, 6.07) is 7.54. The molecule has 0 amide bonds. The smallest absolute Gasteiger partial charge is 0.140 e. The van der Waals surface area contributed by atoms with Gasteiger partial charge in [0.2, 0.25) is 0 Å². The van der Waals surface area contributed by atoms with Gasteiger partial charge in [0.1, 0.15) is 11.6 Å². The molecule has 0 radical (unpaired) electrons. The molecule has 0 saturated heterocycles. The third kappa shape index (κ3) is 2.49. The topological polar surface area (TPSA) is 63.8 Å². The fourth-order valence-electron chi connectivity index (χ4n) is 1.30. The van der Waals surface area contributed by atoms with Crippen molar-refractivity contribution in [3.8, 4) is 0 Å². The van der Waals surface area contributed by atoms with Gasteiger partial charge in [0.25, 0.3) is 0 Å². The average Bonchev–Trinajstić information content (AvgIpc) is 2.24. The minimum absolute atomic E-state index is 0.468. The lowest BCUT2D eigenvalue weighted by Crippen LogP contribution is -1.98. The van der Waals surface area contributed by atoms with E-state index >= 15 is 0 Å². The number of pyridine rings is 2. The molecule has 5 heteroatoms. The van der Waals surface area contributed by atoms with Crippen LogP contribution in [0, 0.1) is 6.92 Å². The number of hydrogen-bond acceptors (Lipinski definition) is 4. The number of aromatic nitrogens is 2. The summed E-state index contributed by atoms with van der Waals surface area (Å²) in [6.45, 7) is 1.94. The third-order valence-corrected chi connectivity index (χ3v) is 2.71. The highest BCUT2D eigenvalue weighted by Crippen LogP contribution is 2.21. The number of nitrogen functional groups attached to an aromatic ring is 1. The Bertz CT molecular complexity index is 513. The molecule has 2 aromatic rings. The van der Waals surface area contributed by atoms with Crippen molar-refractivity contribution >= 4 is 33.3 Å². The van der Waals surface area contributed by atoms with E-state index in [2.05, 4.69) is 31.2 Å². The summed E-state index contributed by atoms with van der Waals surface area (Å²) in [7, 11) is 0. The van der Waals surface area contributed by atoms with E-state index in [0.717, 1.165) is 15.9 Å². The quantitative estimate of drug-likeness (QED) is 0.887. The summed E-state index contributed by atoms with van der Waals surface area (Å²) in [4.78, 5) is 8.32. The predicted octanol–water partition coefficient (Wildman–Crippen LogP) is 2.87. The minimum atomic E-state index is 0.468. The molecule has 2 aromatic heterocycles. The molecular formula is C11H11BrN4. The average molecular weight is 279 g/mol. The van der Waals surface area contributed by atoms with E-state index in [0.29, 0.717) is 11.6 Å². The van der Waals surface area contributed by atoms with Crippen LogP contribution in [0.2, 0.25) is 0 Å². The molecule has 0 unspecified atom stereocenters. The van der Waals surface area contributed by atoms with Crippen LogP contribution in [-0.2, 0) is 0 Å². The standard InChI is InChI=1S/C11H11BrN4/c1-7-6-8(4-5-14-7)15-10-3-2-9(12)11(13)16-10/h2-6H,1H3,(H3,13,14,15,16). The van der Waals surface area contributed by atoms with Crippen molar-refractivity contribution in [2.24, 2.45) is 0 Å². The Labute approximate surface area is 102 Å². The molecule has 0 atom stereocenters. The van der Waals surface area contributed by atoms with Crippen LogP contribution in [0.1, 0.15) is 5.69 Å². The number of anilines is 3. The summed E-state index contributed by atoms with van der Waals surface area (Å²) in [5.74, 6) is 1.18. The molecule has 0 saturated carbocycles. The predicted molar refractivity (Wildman–Crippen MR) is 68.6 cm³/mol. The lowest BCUT2D eigenvalue weighted by atomic mass is 10.3. The highest BCUT2D eigenvalue weighted by molar-refractivity contribution is 9.10. The van der Waals surface area contributed by atoms with E-state index in [1.807, 2.05) is 31.2 Å². The summed E-state index contributed by atoms with van der Waals surface area (Å²) in [6.07, 6.45) is 1.75. The van der Waals surface area contributed by atoms with Gasteiger partial charge < -0.3 is 11.1 Å². The molecule has 0 aliphatic heterocycles. The Morgan fingerprint density at radius 1 is 1.31 bits per heavy atom. The van der Waals surface area contributed by atoms with E-state index in [1.165, 1.54) is 0 Å². The Hall–Kier alpha value is -1.62. The molecule has 0 aliphatic rings. The van der Waals surface area contributed by atoms with Gasteiger partial charge in [-0.15, -0.1) is 0 Å². The molecule has 0 bridgehead atoms. The van der Waals surface area contributed by atoms with Gasteiger partial charge >= 0.3 is 0 Å². The SMILES string of the molecule is Cc1cc(Nc2ccc(Br)c(N)n2)ccn1. The number of aryl methyl sites for hydroxylation is 1. The van der Waals surface area contributed by atoms with E-state index in [1.54, 1.807) is 6.20 Å². The zero-order valence-corrected chi connectivity index (χ0v) is 10.3. The summed E-state index contributed by atoms with van der Waals surface area (Å²) in [5.41, 5.74) is 7.59. The maximum Gasteiger partial charge on any atom is 0.140 e. The lowest BCUT2D eigenvalue weighted by Gasteiger charge is -2.07. The van der Waals surface area contributed by atoms with Crippen molar-refractivity contribution in [3.05, 3.63) is 40.6 Å². The van der Waals surface area contributed by atoms with Gasteiger partial charge in [0.05, 0.1) is 4.47 Å². The number of hydrogen-bond donors (Lipinski definition) is 2. The number of nitrogens with two attached hydrogens (primary N) is 1. The van der Waals surface area contributed by atoms with Crippen molar-refractivity contribution < 1.29 is 0 Å². The number of nitrogens with zero attached hydrogens (tertiary/aromatic N) is 2. The number of nitrogens with one attached hydrogen (secondary N) is 1. The van der Waals surface area contributed by atoms with Crippen molar-refractivity contribution in [1.29, 1.82) is 0 Å². The van der Waals surface area contributed by atoms with Crippen molar-refractivity contribution in [3.63, 3.8) is 0 Å². The summed E-state index contributed by atoms with van der Waals surface area (Å²) < 4.78 is 0.795. The Kier molecular flexibility index (Phi) is 3.05. The highest BCUT2D eigenvalue weighted by atomic mass is 79.9. The highest BCUT2D eigenvalue weighted by Gasteiger charge is 2.00. The monoisotopic (exact) mass is 278 g/mol. The van der Waals surface area contributed by atoms with Crippen LogP contribution in [0.3, 0.4) is 0 Å². The van der Waals surface area contributed by atoms with Crippen molar-refractivity contribution in [1.82, 2.24) is 9.97 Å². The molecule has 0 aromatic carbocycles. The van der Waals surface area contributed by atoms with Crippen molar-refractivity contribution in [2.75, 3.05) is 11.1 Å². The second-order valence-electron chi connectivity index (χ2n) is 3.37. The molecule has 82 valence electrons. The van der Waals surface area contributed by atoms with Crippen LogP contribution in [0.4, 0.5) is 17.3 Å². The maximum absolute atomic E-state index is 5.69. The Morgan fingerprint density at radius 3 is 2.81 bits per heavy atom. The summed E-state index contributed by atoms with van der Waals surface area (Å²) >= 11 is 3.30. The molecule has 2 rings (SSSR count). The van der Waals surface area contributed by atoms with Crippen LogP contribution in [0.25, 0.3) is 0 Å². The first-order valence-electron chi connectivity index (χ1n) is 4.77. The second kappa shape index (κ2) is 4.49.